The van der Waals surface area contributed by atoms with Gasteiger partial charge in [0.15, 0.2) is 0 Å². The minimum Gasteiger partial charge on any atom is -0.433 e. The molecule has 1 atom stereocenters. The normalized spacial score (nSPS) is 11.8. The van der Waals surface area contributed by atoms with E-state index in [9.17, 15) is 14.9 Å². The van der Waals surface area contributed by atoms with E-state index in [1.165, 1.54) is 35.1 Å². The van der Waals surface area contributed by atoms with Gasteiger partial charge < -0.3 is 9.47 Å². The lowest BCUT2D eigenvalue weighted by molar-refractivity contribution is -0.384. The predicted octanol–water partition coefficient (Wildman–Crippen LogP) is 4.97. The Kier molecular flexibility index (Phi) is 7.73. The third kappa shape index (κ3) is 6.57. The zero-order valence-electron chi connectivity index (χ0n) is 14.2. The second kappa shape index (κ2) is 10.0. The Balaban J connectivity index is 1.81. The zero-order valence-corrected chi connectivity index (χ0v) is 15.9. The maximum Gasteiger partial charge on any atom is 0.513 e. The van der Waals surface area contributed by atoms with Crippen LogP contribution >= 0.6 is 21.6 Å². The first kappa shape index (κ1) is 20.1. The second-order valence-electron chi connectivity index (χ2n) is 5.54. The van der Waals surface area contributed by atoms with E-state index in [1.54, 1.807) is 17.0 Å². The van der Waals surface area contributed by atoms with E-state index in [2.05, 4.69) is 4.98 Å². The van der Waals surface area contributed by atoms with E-state index in [-0.39, 0.29) is 29.2 Å². The second-order valence-corrected chi connectivity index (χ2v) is 8.00. The van der Waals surface area contributed by atoms with Crippen LogP contribution in [0.1, 0.15) is 13.8 Å². The molecule has 0 unspecified atom stereocenters. The van der Waals surface area contributed by atoms with Gasteiger partial charge in [-0.05, 0) is 41.0 Å². The summed E-state index contributed by atoms with van der Waals surface area (Å²) in [7, 11) is 3.11. The molecule has 0 aliphatic heterocycles. The third-order valence-corrected chi connectivity index (χ3v) is 6.23. The number of aromatic nitrogens is 1. The molecule has 0 spiro atoms. The Bertz CT molecular complexity index is 726. The van der Waals surface area contributed by atoms with Gasteiger partial charge in [0.05, 0.1) is 10.2 Å². The molecular weight excluding hydrogens is 376 g/mol. The highest BCUT2D eigenvalue weighted by Crippen LogP contribution is 2.36. The van der Waals surface area contributed by atoms with Crippen LogP contribution < -0.4 is 4.74 Å². The number of pyridine rings is 1. The van der Waals surface area contributed by atoms with Gasteiger partial charge in [0.25, 0.3) is 5.69 Å². The van der Waals surface area contributed by atoms with Crippen LogP contribution in [0.4, 0.5) is 10.5 Å². The summed E-state index contributed by atoms with van der Waals surface area (Å²) in [6, 6.07) is 10.9. The van der Waals surface area contributed by atoms with Crippen LogP contribution in [0.3, 0.4) is 0 Å². The first-order valence-corrected chi connectivity index (χ1v) is 10.0. The van der Waals surface area contributed by atoms with Gasteiger partial charge in [-0.15, -0.1) is 0 Å². The lowest BCUT2D eigenvalue weighted by Gasteiger charge is -2.19. The van der Waals surface area contributed by atoms with E-state index in [0.717, 1.165) is 5.03 Å². The summed E-state index contributed by atoms with van der Waals surface area (Å²) < 4.78 is 10.2. The Hall–Kier alpha value is -2.26. The molecule has 0 aliphatic carbocycles. The lowest BCUT2D eigenvalue weighted by Crippen LogP contribution is -2.22. The molecule has 0 saturated heterocycles. The van der Waals surface area contributed by atoms with Gasteiger partial charge in [0, 0.05) is 18.3 Å². The van der Waals surface area contributed by atoms with Crippen molar-refractivity contribution in [2.45, 2.75) is 24.1 Å². The first-order valence-electron chi connectivity index (χ1n) is 7.79. The van der Waals surface area contributed by atoms with Crippen molar-refractivity contribution in [3.8, 4) is 5.75 Å². The average molecular weight is 394 g/mol. The fourth-order valence-corrected chi connectivity index (χ4v) is 4.35. The van der Waals surface area contributed by atoms with Gasteiger partial charge in [-0.2, -0.15) is 0 Å². The number of nitrogens with zero attached hydrogens (tertiary/aromatic N) is 2. The number of hydrogen-bond acceptors (Lipinski definition) is 8. The number of rotatable bonds is 8. The molecule has 26 heavy (non-hydrogen) atoms. The van der Waals surface area contributed by atoms with Crippen LogP contribution in [-0.4, -0.2) is 27.9 Å². The van der Waals surface area contributed by atoms with Crippen LogP contribution in [0, 0.1) is 16.0 Å². The standard InChI is InChI=1S/C17H18N2O5S2/c1-12(2)15(25-26-16-5-3-4-10-18-16)11-23-17(20)24-14-8-6-13(7-9-14)19(21)22/h3-10,12,15H,11H2,1-2H3/t15-/m0/s1. The van der Waals surface area contributed by atoms with E-state index < -0.39 is 11.1 Å². The number of carbonyl (C=O) groups excluding carboxylic acids is 1. The number of nitro groups is 1. The van der Waals surface area contributed by atoms with Gasteiger partial charge >= 0.3 is 6.16 Å². The summed E-state index contributed by atoms with van der Waals surface area (Å²) >= 11 is 0. The molecule has 1 heterocycles. The zero-order chi connectivity index (χ0) is 18.9. The SMILES string of the molecule is CC(C)[C@H](COC(=O)Oc1ccc([N+](=O)[O-])cc1)SSc1ccccn1. The number of carbonyl (C=O) groups is 1. The molecule has 0 amide bonds. The van der Waals surface area contributed by atoms with Crippen molar-refractivity contribution in [2.24, 2.45) is 5.92 Å². The molecular formula is C17H18N2O5S2. The molecule has 0 bridgehead atoms. The summed E-state index contributed by atoms with van der Waals surface area (Å²) in [5.74, 6) is 0.473. The highest BCUT2D eigenvalue weighted by molar-refractivity contribution is 8.76. The summed E-state index contributed by atoms with van der Waals surface area (Å²) in [4.78, 5) is 26.2. The summed E-state index contributed by atoms with van der Waals surface area (Å²) in [5, 5.41) is 11.6. The first-order chi connectivity index (χ1) is 12.5. The van der Waals surface area contributed by atoms with Crippen molar-refractivity contribution in [3.63, 3.8) is 0 Å². The van der Waals surface area contributed by atoms with Gasteiger partial charge in [0.1, 0.15) is 17.4 Å². The van der Waals surface area contributed by atoms with Crippen molar-refractivity contribution < 1.29 is 19.2 Å². The van der Waals surface area contributed by atoms with Crippen molar-refractivity contribution in [2.75, 3.05) is 6.61 Å². The highest BCUT2D eigenvalue weighted by atomic mass is 33.1. The number of nitro benzene ring substituents is 1. The van der Waals surface area contributed by atoms with Gasteiger partial charge in [0.2, 0.25) is 0 Å². The average Bonchev–Trinajstić information content (AvgIpc) is 2.62. The molecule has 9 heteroatoms. The molecule has 7 nitrogen and oxygen atoms in total. The number of hydrogen-bond donors (Lipinski definition) is 0. The van der Waals surface area contributed by atoms with Crippen molar-refractivity contribution in [3.05, 3.63) is 58.8 Å². The van der Waals surface area contributed by atoms with E-state index in [4.69, 9.17) is 9.47 Å². The molecule has 1 aromatic carbocycles. The van der Waals surface area contributed by atoms with Crippen LogP contribution in [0.15, 0.2) is 53.7 Å². The monoisotopic (exact) mass is 394 g/mol. The van der Waals surface area contributed by atoms with Gasteiger partial charge in [-0.3, -0.25) is 10.1 Å². The lowest BCUT2D eigenvalue weighted by atomic mass is 10.1. The van der Waals surface area contributed by atoms with Crippen LogP contribution in [0.25, 0.3) is 0 Å². The van der Waals surface area contributed by atoms with Crippen LogP contribution in [0.2, 0.25) is 0 Å². The summed E-state index contributed by atoms with van der Waals surface area (Å²) in [5.41, 5.74) is -0.0754. The number of ether oxygens (including phenoxy) is 2. The Morgan fingerprint density at radius 2 is 1.96 bits per heavy atom. The van der Waals surface area contributed by atoms with Gasteiger partial charge in [-0.1, -0.05) is 30.7 Å². The topological polar surface area (TPSA) is 91.6 Å². The Labute approximate surface area is 159 Å². The molecule has 0 aliphatic rings. The van der Waals surface area contributed by atoms with E-state index >= 15 is 0 Å². The molecule has 2 aromatic rings. The molecule has 2 rings (SSSR count). The smallest absolute Gasteiger partial charge is 0.433 e. The Morgan fingerprint density at radius 3 is 2.54 bits per heavy atom. The van der Waals surface area contributed by atoms with E-state index in [1.807, 2.05) is 32.0 Å². The minimum atomic E-state index is -0.840. The highest BCUT2D eigenvalue weighted by Gasteiger charge is 2.19. The quantitative estimate of drug-likeness (QED) is 0.204. The largest absolute Gasteiger partial charge is 0.513 e. The molecule has 0 N–H and O–H groups in total. The number of non-ortho nitro benzene ring substituents is 1. The van der Waals surface area contributed by atoms with Crippen LogP contribution in [-0.2, 0) is 4.74 Å². The van der Waals surface area contributed by atoms with Crippen molar-refractivity contribution >= 4 is 33.4 Å². The Morgan fingerprint density at radius 1 is 1.23 bits per heavy atom. The molecule has 138 valence electrons. The molecule has 0 fully saturated rings. The molecule has 1 aromatic heterocycles. The third-order valence-electron chi connectivity index (χ3n) is 3.25. The summed E-state index contributed by atoms with van der Waals surface area (Å²) in [6.07, 6.45) is 0.888. The van der Waals surface area contributed by atoms with Crippen LogP contribution in [0.5, 0.6) is 5.75 Å². The van der Waals surface area contributed by atoms with Gasteiger partial charge in [-0.25, -0.2) is 9.78 Å². The minimum absolute atomic E-state index is 0.0615. The fourth-order valence-electron chi connectivity index (χ4n) is 1.75. The number of benzene rings is 1. The molecule has 0 saturated carbocycles. The van der Waals surface area contributed by atoms with Crippen molar-refractivity contribution in [1.82, 2.24) is 4.98 Å². The van der Waals surface area contributed by atoms with E-state index in [0.29, 0.717) is 0 Å². The van der Waals surface area contributed by atoms with Crippen molar-refractivity contribution in [1.29, 1.82) is 0 Å². The fraction of sp³-hybridized carbons (Fsp3) is 0.294. The maximum absolute atomic E-state index is 11.8. The summed E-state index contributed by atoms with van der Waals surface area (Å²) in [6.45, 7) is 4.28. The predicted molar refractivity (Wildman–Crippen MR) is 101 cm³/mol. The molecule has 0 radical (unpaired) electrons. The maximum atomic E-state index is 11.8.